The van der Waals surface area contributed by atoms with Crippen LogP contribution in [0.15, 0.2) is 24.3 Å². The van der Waals surface area contributed by atoms with Crippen molar-refractivity contribution in [3.63, 3.8) is 0 Å². The van der Waals surface area contributed by atoms with Crippen LogP contribution in [0.4, 0.5) is 0 Å². The van der Waals surface area contributed by atoms with E-state index in [-0.39, 0.29) is 20.6 Å². The maximum absolute atomic E-state index is 9.41. The number of aliphatic hydroxyl groups excluding tert-OH is 2. The molecule has 2 unspecified atom stereocenters. The zero-order valence-electron chi connectivity index (χ0n) is 11.0. The second-order valence-electron chi connectivity index (χ2n) is 4.22. The highest BCUT2D eigenvalue weighted by atomic mass is 16.5. The minimum atomic E-state index is -0.448. The molecule has 0 radical (unpaired) electrons. The van der Waals surface area contributed by atoms with Crippen molar-refractivity contribution in [2.75, 3.05) is 13.2 Å². The molecule has 1 aromatic rings. The third kappa shape index (κ3) is 7.03. The topological polar surface area (TPSA) is 58.9 Å². The molecule has 4 nitrogen and oxygen atoms in total. The third-order valence-electron chi connectivity index (χ3n) is 2.63. The van der Waals surface area contributed by atoms with E-state index < -0.39 is 12.2 Å². The first-order valence-corrected chi connectivity index (χ1v) is 6.37. The van der Waals surface area contributed by atoms with Crippen LogP contribution in [0.5, 0.6) is 11.5 Å². The van der Waals surface area contributed by atoms with Crippen LogP contribution < -0.4 is 9.47 Å². The van der Waals surface area contributed by atoms with Crippen molar-refractivity contribution in [3.05, 3.63) is 24.3 Å². The summed E-state index contributed by atoms with van der Waals surface area (Å²) < 4.78 is 10.9. The van der Waals surface area contributed by atoms with Gasteiger partial charge in [0.2, 0.25) is 0 Å². The molecule has 0 saturated carbocycles. The van der Waals surface area contributed by atoms with E-state index in [1.165, 1.54) is 0 Å². The Morgan fingerprint density at radius 1 is 0.947 bits per heavy atom. The molecule has 4 heteroatoms. The molecule has 2 atom stereocenters. The molecule has 110 valence electrons. The summed E-state index contributed by atoms with van der Waals surface area (Å²) in [5.41, 5.74) is 0. The maximum Gasteiger partial charge on any atom is 0.123 e. The number of hydrogen-bond acceptors (Lipinski definition) is 4. The van der Waals surface area contributed by atoms with E-state index in [9.17, 15) is 10.2 Å². The zero-order valence-corrected chi connectivity index (χ0v) is 11.0. The molecule has 0 aliphatic rings. The average molecular weight is 270 g/mol. The maximum atomic E-state index is 9.41. The predicted molar refractivity (Wildman–Crippen MR) is 76.8 cm³/mol. The van der Waals surface area contributed by atoms with Crippen molar-refractivity contribution in [2.45, 2.75) is 46.3 Å². The minimum absolute atomic E-state index is 0. The molecule has 0 spiro atoms. The molecule has 0 aliphatic heterocycles. The fourth-order valence-electron chi connectivity index (χ4n) is 1.27. The fourth-order valence-corrected chi connectivity index (χ4v) is 1.27. The summed E-state index contributed by atoms with van der Waals surface area (Å²) in [5.74, 6) is 1.32. The summed E-state index contributed by atoms with van der Waals surface area (Å²) in [6.07, 6.45) is 0.436. The van der Waals surface area contributed by atoms with Crippen LogP contribution in [-0.2, 0) is 0 Å². The van der Waals surface area contributed by atoms with E-state index >= 15 is 0 Å². The second-order valence-corrected chi connectivity index (χ2v) is 4.22. The van der Waals surface area contributed by atoms with Gasteiger partial charge in [-0.1, -0.05) is 27.3 Å². The lowest BCUT2D eigenvalue weighted by atomic mass is 10.3. The molecule has 0 saturated heterocycles. The highest BCUT2D eigenvalue weighted by Crippen LogP contribution is 2.20. The molecule has 0 aromatic heterocycles. The van der Waals surface area contributed by atoms with Gasteiger partial charge in [-0.15, -0.1) is 0 Å². The van der Waals surface area contributed by atoms with Gasteiger partial charge < -0.3 is 19.7 Å². The van der Waals surface area contributed by atoms with E-state index in [2.05, 4.69) is 0 Å². The van der Waals surface area contributed by atoms with Crippen molar-refractivity contribution in [1.82, 2.24) is 0 Å². The molecule has 1 rings (SSSR count). The van der Waals surface area contributed by atoms with Crippen molar-refractivity contribution in [3.8, 4) is 11.5 Å². The highest BCUT2D eigenvalue weighted by Gasteiger charge is 2.05. The smallest absolute Gasteiger partial charge is 0.123 e. The lowest BCUT2D eigenvalue weighted by Gasteiger charge is -2.13. The van der Waals surface area contributed by atoms with Crippen LogP contribution in [0.1, 0.15) is 34.1 Å². The van der Waals surface area contributed by atoms with Gasteiger partial charge in [-0.05, 0) is 25.0 Å². The van der Waals surface area contributed by atoms with Crippen molar-refractivity contribution >= 4 is 0 Å². The van der Waals surface area contributed by atoms with Crippen molar-refractivity contribution in [2.24, 2.45) is 0 Å². The molecular formula is C15H26O4. The third-order valence-corrected chi connectivity index (χ3v) is 2.63. The second kappa shape index (κ2) is 9.64. The van der Waals surface area contributed by atoms with E-state index in [4.69, 9.17) is 9.47 Å². The average Bonchev–Trinajstić information content (AvgIpc) is 2.42. The van der Waals surface area contributed by atoms with Gasteiger partial charge in [0.1, 0.15) is 24.7 Å². The van der Waals surface area contributed by atoms with Gasteiger partial charge in [0.15, 0.2) is 0 Å². The Hall–Kier alpha value is -1.26. The summed E-state index contributed by atoms with van der Waals surface area (Å²) in [6.45, 7) is 4.36. The highest BCUT2D eigenvalue weighted by molar-refractivity contribution is 5.32. The van der Waals surface area contributed by atoms with Crippen molar-refractivity contribution < 1.29 is 19.7 Å². The fraction of sp³-hybridized carbons (Fsp3) is 0.600. The van der Waals surface area contributed by atoms with E-state index in [0.717, 1.165) is 0 Å². The van der Waals surface area contributed by atoms with Gasteiger partial charge in [0, 0.05) is 6.07 Å². The van der Waals surface area contributed by atoms with Crippen molar-refractivity contribution in [1.29, 1.82) is 0 Å². The number of benzene rings is 1. The van der Waals surface area contributed by atoms with Crippen LogP contribution in [0.2, 0.25) is 0 Å². The summed E-state index contributed by atoms with van der Waals surface area (Å²) in [5, 5.41) is 18.8. The first kappa shape index (κ1) is 17.7. The summed E-state index contributed by atoms with van der Waals surface area (Å²) in [6, 6.07) is 7.20. The molecule has 0 amide bonds. The van der Waals surface area contributed by atoms with Gasteiger partial charge in [0.05, 0.1) is 12.2 Å². The Morgan fingerprint density at radius 3 is 1.74 bits per heavy atom. The Bertz CT molecular complexity index is 311. The quantitative estimate of drug-likeness (QED) is 0.762. The molecule has 1 aromatic carbocycles. The van der Waals surface area contributed by atoms with Gasteiger partial charge in [-0.2, -0.15) is 0 Å². The zero-order chi connectivity index (χ0) is 13.4. The number of ether oxygens (including phenoxy) is 2. The summed E-state index contributed by atoms with van der Waals surface area (Å²) in [7, 11) is 0. The Kier molecular flexibility index (Phi) is 9.00. The molecular weight excluding hydrogens is 244 g/mol. The molecule has 0 bridgehead atoms. The number of hydrogen-bond donors (Lipinski definition) is 2. The van der Waals surface area contributed by atoms with E-state index in [1.54, 1.807) is 6.07 Å². The van der Waals surface area contributed by atoms with Crippen LogP contribution in [0.3, 0.4) is 0 Å². The monoisotopic (exact) mass is 270 g/mol. The lowest BCUT2D eigenvalue weighted by molar-refractivity contribution is 0.100. The summed E-state index contributed by atoms with van der Waals surface area (Å²) >= 11 is 0. The Labute approximate surface area is 116 Å². The van der Waals surface area contributed by atoms with E-state index in [1.807, 2.05) is 32.0 Å². The van der Waals surface area contributed by atoms with Crippen LogP contribution in [0.25, 0.3) is 0 Å². The molecule has 19 heavy (non-hydrogen) atoms. The molecule has 0 aliphatic carbocycles. The standard InChI is InChI=1S/C14H22O4.CH4/c1-3-11(15)9-17-13-6-5-7-14(8-13)18-10-12(16)4-2;/h5-8,11-12,15-16H,3-4,9-10H2,1-2H3;1H4. The van der Waals surface area contributed by atoms with E-state index in [0.29, 0.717) is 24.3 Å². The number of aliphatic hydroxyl groups is 2. The largest absolute Gasteiger partial charge is 0.491 e. The van der Waals surface area contributed by atoms with Gasteiger partial charge >= 0.3 is 0 Å². The molecule has 0 fully saturated rings. The number of rotatable bonds is 8. The SMILES string of the molecule is C.CCC(O)COc1cccc(OCC(O)CC)c1. The normalized spacial score (nSPS) is 13.3. The van der Waals surface area contributed by atoms with Gasteiger partial charge in [0.25, 0.3) is 0 Å². The van der Waals surface area contributed by atoms with Crippen LogP contribution >= 0.6 is 0 Å². The summed E-state index contributed by atoms with van der Waals surface area (Å²) in [4.78, 5) is 0. The predicted octanol–water partition coefficient (Wildman–Crippen LogP) is 2.62. The van der Waals surface area contributed by atoms with Crippen LogP contribution in [0, 0.1) is 0 Å². The van der Waals surface area contributed by atoms with Crippen LogP contribution in [-0.4, -0.2) is 35.6 Å². The lowest BCUT2D eigenvalue weighted by Crippen LogP contribution is -2.17. The van der Waals surface area contributed by atoms with Gasteiger partial charge in [-0.25, -0.2) is 0 Å². The first-order chi connectivity index (χ1) is 8.65. The Morgan fingerprint density at radius 2 is 1.37 bits per heavy atom. The van der Waals surface area contributed by atoms with Gasteiger partial charge in [-0.3, -0.25) is 0 Å². The Balaban J connectivity index is 0.00000324. The first-order valence-electron chi connectivity index (χ1n) is 6.37. The molecule has 0 heterocycles. The minimum Gasteiger partial charge on any atom is -0.491 e. The molecule has 2 N–H and O–H groups in total.